The average Bonchev–Trinajstić information content (AvgIpc) is 3.05. The Balaban J connectivity index is 3.34. The SMILES string of the molecule is C=N/C(=C(\C=C(/C)Cl)C(=O)OCC)C(NC(=O)OC(C)(C)C)C1CCOC1. The van der Waals surface area contributed by atoms with E-state index in [1.54, 1.807) is 34.6 Å². The van der Waals surface area contributed by atoms with Crippen molar-refractivity contribution in [2.45, 2.75) is 52.7 Å². The van der Waals surface area contributed by atoms with E-state index in [1.807, 2.05) is 0 Å². The lowest BCUT2D eigenvalue weighted by Gasteiger charge is -2.27. The summed E-state index contributed by atoms with van der Waals surface area (Å²) in [6.45, 7) is 13.4. The van der Waals surface area contributed by atoms with Gasteiger partial charge in [0.1, 0.15) is 5.60 Å². The fraction of sp³-hybridized carbons (Fsp3) is 0.632. The van der Waals surface area contributed by atoms with Crippen molar-refractivity contribution in [1.29, 1.82) is 0 Å². The molecule has 8 heteroatoms. The van der Waals surface area contributed by atoms with Gasteiger partial charge in [-0.25, -0.2) is 9.59 Å². The zero-order chi connectivity index (χ0) is 20.6. The van der Waals surface area contributed by atoms with E-state index in [4.69, 9.17) is 25.8 Å². The van der Waals surface area contributed by atoms with Crippen molar-refractivity contribution in [3.63, 3.8) is 0 Å². The molecule has 1 aliphatic rings. The molecule has 27 heavy (non-hydrogen) atoms. The van der Waals surface area contributed by atoms with Crippen molar-refractivity contribution in [3.05, 3.63) is 22.4 Å². The summed E-state index contributed by atoms with van der Waals surface area (Å²) >= 11 is 6.00. The summed E-state index contributed by atoms with van der Waals surface area (Å²) in [4.78, 5) is 28.9. The monoisotopic (exact) mass is 400 g/mol. The van der Waals surface area contributed by atoms with Gasteiger partial charge in [-0.2, -0.15) is 0 Å². The van der Waals surface area contributed by atoms with Gasteiger partial charge in [0.15, 0.2) is 0 Å². The van der Waals surface area contributed by atoms with E-state index >= 15 is 0 Å². The van der Waals surface area contributed by atoms with Crippen LogP contribution in [0.25, 0.3) is 0 Å². The van der Waals surface area contributed by atoms with E-state index in [2.05, 4.69) is 17.0 Å². The molecule has 1 saturated heterocycles. The third-order valence-corrected chi connectivity index (χ3v) is 3.80. The lowest BCUT2D eigenvalue weighted by Crippen LogP contribution is -2.44. The number of carbonyl (C=O) groups is 2. The number of rotatable bonds is 7. The normalized spacial score (nSPS) is 19.8. The minimum atomic E-state index is -0.664. The van der Waals surface area contributed by atoms with Crippen LogP contribution in [0.5, 0.6) is 0 Å². The lowest BCUT2D eigenvalue weighted by atomic mass is 9.93. The van der Waals surface area contributed by atoms with Gasteiger partial charge in [0.25, 0.3) is 0 Å². The Hall–Kier alpha value is -1.86. The van der Waals surface area contributed by atoms with Crippen molar-refractivity contribution in [2.24, 2.45) is 10.9 Å². The Morgan fingerprint density at radius 3 is 2.56 bits per heavy atom. The number of alkyl carbamates (subject to hydrolysis) is 1. The van der Waals surface area contributed by atoms with Crippen molar-refractivity contribution in [2.75, 3.05) is 19.8 Å². The van der Waals surface area contributed by atoms with E-state index < -0.39 is 23.7 Å². The standard InChI is InChI=1S/C19H29ClN2O5/c1-7-26-17(23)14(10-12(2)20)16(21-6)15(13-8-9-25-11-13)22-18(24)27-19(3,4)5/h10,13,15H,6-9,11H2,1-5H3,(H,22,24)/b12-10+,16-14+. The van der Waals surface area contributed by atoms with Crippen LogP contribution in [0.15, 0.2) is 27.4 Å². The summed E-state index contributed by atoms with van der Waals surface area (Å²) in [5.41, 5.74) is -0.245. The molecule has 1 N–H and O–H groups in total. The van der Waals surface area contributed by atoms with E-state index in [1.165, 1.54) is 6.08 Å². The average molecular weight is 401 g/mol. The molecule has 0 aromatic rings. The van der Waals surface area contributed by atoms with Crippen molar-refractivity contribution < 1.29 is 23.8 Å². The summed E-state index contributed by atoms with van der Waals surface area (Å²) in [6, 6.07) is -0.633. The van der Waals surface area contributed by atoms with Gasteiger partial charge in [-0.1, -0.05) is 11.6 Å². The largest absolute Gasteiger partial charge is 0.462 e. The Morgan fingerprint density at radius 2 is 2.11 bits per heavy atom. The van der Waals surface area contributed by atoms with Crippen molar-refractivity contribution in [3.8, 4) is 0 Å². The number of hydrogen-bond donors (Lipinski definition) is 1. The first-order chi connectivity index (χ1) is 12.6. The third-order valence-electron chi connectivity index (χ3n) is 3.69. The molecular formula is C19H29ClN2O5. The van der Waals surface area contributed by atoms with Crippen LogP contribution in [-0.2, 0) is 19.0 Å². The van der Waals surface area contributed by atoms with Crippen LogP contribution < -0.4 is 5.32 Å². The van der Waals surface area contributed by atoms with Gasteiger partial charge in [0.05, 0.1) is 30.5 Å². The van der Waals surface area contributed by atoms with Crippen LogP contribution in [-0.4, -0.2) is 50.2 Å². The van der Waals surface area contributed by atoms with E-state index in [0.29, 0.717) is 24.7 Å². The molecular weight excluding hydrogens is 372 g/mol. The number of halogens is 1. The molecule has 2 atom stereocenters. The highest BCUT2D eigenvalue weighted by atomic mass is 35.5. The topological polar surface area (TPSA) is 86.2 Å². The summed E-state index contributed by atoms with van der Waals surface area (Å²) in [6.07, 6.45) is 1.54. The van der Waals surface area contributed by atoms with Crippen LogP contribution in [0.3, 0.4) is 0 Å². The van der Waals surface area contributed by atoms with E-state index in [-0.39, 0.29) is 23.8 Å². The minimum absolute atomic E-state index is 0.0912. The highest BCUT2D eigenvalue weighted by Crippen LogP contribution is 2.27. The maximum absolute atomic E-state index is 12.5. The molecule has 0 radical (unpaired) electrons. The highest BCUT2D eigenvalue weighted by molar-refractivity contribution is 6.29. The van der Waals surface area contributed by atoms with Gasteiger partial charge in [-0.05, 0) is 53.8 Å². The molecule has 1 aliphatic heterocycles. The molecule has 0 aromatic heterocycles. The molecule has 1 amide bonds. The van der Waals surface area contributed by atoms with Crippen LogP contribution in [0.1, 0.15) is 41.0 Å². The van der Waals surface area contributed by atoms with Gasteiger partial charge in [0, 0.05) is 17.6 Å². The van der Waals surface area contributed by atoms with E-state index in [9.17, 15) is 9.59 Å². The molecule has 0 aliphatic carbocycles. The van der Waals surface area contributed by atoms with Crippen LogP contribution in [0.2, 0.25) is 0 Å². The Bertz CT molecular complexity index is 612. The van der Waals surface area contributed by atoms with E-state index in [0.717, 1.165) is 0 Å². The van der Waals surface area contributed by atoms with Gasteiger partial charge < -0.3 is 19.5 Å². The molecule has 1 heterocycles. The fourth-order valence-corrected chi connectivity index (χ4v) is 2.76. The molecule has 1 rings (SSSR count). The maximum Gasteiger partial charge on any atom is 0.408 e. The second kappa shape index (κ2) is 10.5. The van der Waals surface area contributed by atoms with Crippen molar-refractivity contribution >= 4 is 30.4 Å². The van der Waals surface area contributed by atoms with Crippen LogP contribution >= 0.6 is 11.6 Å². The Kier molecular flexibility index (Phi) is 8.99. The number of nitrogens with zero attached hydrogens (tertiary/aromatic N) is 1. The smallest absolute Gasteiger partial charge is 0.408 e. The fourth-order valence-electron chi connectivity index (χ4n) is 2.66. The number of amides is 1. The maximum atomic E-state index is 12.5. The molecule has 0 aromatic carbocycles. The second-order valence-corrected chi connectivity index (χ2v) is 7.75. The number of carbonyl (C=O) groups excluding carboxylic acids is 2. The predicted octanol–water partition coefficient (Wildman–Crippen LogP) is 3.58. The second-order valence-electron chi connectivity index (χ2n) is 7.16. The first kappa shape index (κ1) is 23.2. The number of esters is 1. The van der Waals surface area contributed by atoms with Gasteiger partial charge in [-0.3, -0.25) is 4.99 Å². The first-order valence-corrected chi connectivity index (χ1v) is 9.26. The number of hydrogen-bond acceptors (Lipinski definition) is 6. The zero-order valence-electron chi connectivity index (χ0n) is 16.6. The van der Waals surface area contributed by atoms with Gasteiger partial charge >= 0.3 is 12.1 Å². The van der Waals surface area contributed by atoms with Crippen LogP contribution in [0.4, 0.5) is 4.79 Å². The lowest BCUT2D eigenvalue weighted by molar-refractivity contribution is -0.138. The summed E-state index contributed by atoms with van der Waals surface area (Å²) in [5.74, 6) is -0.679. The number of allylic oxidation sites excluding steroid dienone is 1. The molecule has 0 spiro atoms. The summed E-state index contributed by atoms with van der Waals surface area (Å²) in [7, 11) is 0. The van der Waals surface area contributed by atoms with Crippen molar-refractivity contribution in [1.82, 2.24) is 5.32 Å². The molecule has 0 saturated carbocycles. The molecule has 0 bridgehead atoms. The predicted molar refractivity (Wildman–Crippen MR) is 105 cm³/mol. The quantitative estimate of drug-likeness (QED) is 0.305. The number of nitrogens with one attached hydrogen (secondary N) is 1. The third kappa shape index (κ3) is 7.72. The van der Waals surface area contributed by atoms with Crippen LogP contribution in [0, 0.1) is 5.92 Å². The number of aliphatic imine (C=N–C) groups is 1. The first-order valence-electron chi connectivity index (χ1n) is 8.88. The summed E-state index contributed by atoms with van der Waals surface area (Å²) < 4.78 is 15.9. The molecule has 152 valence electrons. The Morgan fingerprint density at radius 1 is 1.44 bits per heavy atom. The molecule has 2 unspecified atom stereocenters. The minimum Gasteiger partial charge on any atom is -0.462 e. The summed E-state index contributed by atoms with van der Waals surface area (Å²) in [5, 5.41) is 3.18. The zero-order valence-corrected chi connectivity index (χ0v) is 17.4. The highest BCUT2D eigenvalue weighted by Gasteiger charge is 2.34. The molecule has 7 nitrogen and oxygen atoms in total. The Labute approximate surface area is 165 Å². The number of ether oxygens (including phenoxy) is 3. The van der Waals surface area contributed by atoms with Gasteiger partial charge in [0.2, 0.25) is 0 Å². The van der Waals surface area contributed by atoms with Gasteiger partial charge in [-0.15, -0.1) is 0 Å². The molecule has 1 fully saturated rings.